The average molecular weight is 373 g/mol. The van der Waals surface area contributed by atoms with E-state index in [9.17, 15) is 14.7 Å². The third-order valence-corrected chi connectivity index (χ3v) is 3.75. The number of amides is 1. The number of aromatic nitrogens is 1. The number of benzene rings is 2. The predicted octanol–water partition coefficient (Wildman–Crippen LogP) is 3.20. The van der Waals surface area contributed by atoms with Gasteiger partial charge in [-0.25, -0.2) is 4.98 Å². The maximum absolute atomic E-state index is 11.9. The van der Waals surface area contributed by atoms with Crippen LogP contribution in [0.3, 0.4) is 0 Å². The van der Waals surface area contributed by atoms with Gasteiger partial charge in [0.05, 0.1) is 0 Å². The lowest BCUT2D eigenvalue weighted by molar-refractivity contribution is -0.135. The smallest absolute Gasteiger partial charge is 0.322 e. The fourth-order valence-electron chi connectivity index (χ4n) is 2.29. The van der Waals surface area contributed by atoms with Crippen molar-refractivity contribution in [2.24, 2.45) is 0 Å². The van der Waals surface area contributed by atoms with Gasteiger partial charge in [0.25, 0.3) is 5.91 Å². The highest BCUT2D eigenvalue weighted by atomic mass is 35.5. The summed E-state index contributed by atoms with van der Waals surface area (Å²) in [7, 11) is 0. The Morgan fingerprint density at radius 1 is 1.12 bits per heavy atom. The number of aromatic hydroxyl groups is 1. The van der Waals surface area contributed by atoms with Crippen LogP contribution < -0.4 is 10.1 Å². The lowest BCUT2D eigenvalue weighted by atomic mass is 10.1. The van der Waals surface area contributed by atoms with E-state index in [-0.39, 0.29) is 11.4 Å². The number of hydrogen-bond donors (Lipinski definition) is 3. The first-order chi connectivity index (χ1) is 12.4. The van der Waals surface area contributed by atoms with Crippen molar-refractivity contribution in [3.63, 3.8) is 0 Å². The number of carboxylic acids is 1. The van der Waals surface area contributed by atoms with E-state index in [2.05, 4.69) is 10.3 Å². The van der Waals surface area contributed by atoms with Gasteiger partial charge in [-0.3, -0.25) is 9.59 Å². The monoisotopic (exact) mass is 372 g/mol. The van der Waals surface area contributed by atoms with Crippen LogP contribution in [0.2, 0.25) is 5.02 Å². The van der Waals surface area contributed by atoms with Gasteiger partial charge in [0.1, 0.15) is 18.0 Å². The van der Waals surface area contributed by atoms with Crippen LogP contribution >= 0.6 is 11.6 Å². The van der Waals surface area contributed by atoms with Gasteiger partial charge in [-0.1, -0.05) is 11.6 Å². The third-order valence-electron chi connectivity index (χ3n) is 3.50. The minimum absolute atomic E-state index is 0.245. The van der Waals surface area contributed by atoms with E-state index in [4.69, 9.17) is 21.4 Å². The summed E-state index contributed by atoms with van der Waals surface area (Å²) in [5.74, 6) is -1.18. The van der Waals surface area contributed by atoms with E-state index in [1.54, 1.807) is 42.5 Å². The van der Waals surface area contributed by atoms with Gasteiger partial charge >= 0.3 is 5.97 Å². The second kappa shape index (κ2) is 7.28. The molecule has 0 aliphatic carbocycles. The highest BCUT2D eigenvalue weighted by Gasteiger charge is 2.16. The van der Waals surface area contributed by atoms with Gasteiger partial charge in [-0.2, -0.15) is 0 Å². The molecule has 7 nitrogen and oxygen atoms in total. The van der Waals surface area contributed by atoms with Crippen LogP contribution in [0.15, 0.2) is 48.7 Å². The quantitative estimate of drug-likeness (QED) is 0.634. The fourth-order valence-corrected chi connectivity index (χ4v) is 2.42. The Bertz CT molecular complexity index is 989. The van der Waals surface area contributed by atoms with Gasteiger partial charge in [0.2, 0.25) is 0 Å². The highest BCUT2D eigenvalue weighted by Crippen LogP contribution is 2.31. The molecule has 0 fully saturated rings. The molecule has 0 atom stereocenters. The number of carbonyl (C=O) groups is 2. The summed E-state index contributed by atoms with van der Waals surface area (Å²) in [6.45, 7) is -0.564. The molecule has 3 aromatic rings. The Hall–Kier alpha value is -3.32. The molecule has 1 amide bonds. The van der Waals surface area contributed by atoms with Crippen molar-refractivity contribution < 1.29 is 24.5 Å². The topological polar surface area (TPSA) is 109 Å². The van der Waals surface area contributed by atoms with Crippen LogP contribution in [-0.4, -0.2) is 33.6 Å². The second-order valence-electron chi connectivity index (χ2n) is 5.34. The molecule has 0 saturated heterocycles. The maximum atomic E-state index is 11.9. The standard InChI is InChI=1S/C18H13ClN2O5/c19-11-1-3-12(4-2-11)26-13-5-6-14-10(7-13)8-20-16(17(14)24)18(25)21-9-15(22)23/h1-8,24H,9H2,(H,21,25)(H,22,23). The number of carbonyl (C=O) groups excluding carboxylic acids is 1. The predicted molar refractivity (Wildman–Crippen MR) is 94.9 cm³/mol. The SMILES string of the molecule is O=C(O)CNC(=O)c1ncc2cc(Oc3ccc(Cl)cc3)ccc2c1O. The molecule has 8 heteroatoms. The maximum Gasteiger partial charge on any atom is 0.322 e. The number of nitrogens with one attached hydrogen (secondary N) is 1. The summed E-state index contributed by atoms with van der Waals surface area (Å²) < 4.78 is 5.71. The van der Waals surface area contributed by atoms with Crippen molar-refractivity contribution in [3.05, 3.63) is 59.4 Å². The van der Waals surface area contributed by atoms with Crippen molar-refractivity contribution in [2.45, 2.75) is 0 Å². The zero-order chi connectivity index (χ0) is 18.7. The van der Waals surface area contributed by atoms with Gasteiger partial charge < -0.3 is 20.3 Å². The van der Waals surface area contributed by atoms with E-state index in [1.807, 2.05) is 0 Å². The molecule has 0 bridgehead atoms. The molecule has 26 heavy (non-hydrogen) atoms. The van der Waals surface area contributed by atoms with E-state index in [0.29, 0.717) is 27.3 Å². The van der Waals surface area contributed by atoms with Crippen molar-refractivity contribution in [1.82, 2.24) is 10.3 Å². The first kappa shape index (κ1) is 17.5. The average Bonchev–Trinajstić information content (AvgIpc) is 2.62. The zero-order valence-electron chi connectivity index (χ0n) is 13.3. The number of carboxylic acid groups (broad SMARTS) is 1. The molecule has 0 aliphatic rings. The summed E-state index contributed by atoms with van der Waals surface area (Å²) in [5, 5.41) is 22.6. The number of fused-ring (bicyclic) bond motifs is 1. The van der Waals surface area contributed by atoms with Crippen LogP contribution in [0, 0.1) is 0 Å². The molecule has 0 spiro atoms. The Morgan fingerprint density at radius 2 is 1.81 bits per heavy atom. The Balaban J connectivity index is 1.87. The van der Waals surface area contributed by atoms with E-state index in [0.717, 1.165) is 0 Å². The molecule has 3 rings (SSSR count). The fraction of sp³-hybridized carbons (Fsp3) is 0.0556. The minimum Gasteiger partial charge on any atom is -0.505 e. The van der Waals surface area contributed by atoms with Gasteiger partial charge in [-0.15, -0.1) is 0 Å². The highest BCUT2D eigenvalue weighted by molar-refractivity contribution is 6.30. The number of pyridine rings is 1. The van der Waals surface area contributed by atoms with Crippen LogP contribution in [0.1, 0.15) is 10.5 Å². The summed E-state index contributed by atoms with van der Waals surface area (Å²) >= 11 is 5.83. The van der Waals surface area contributed by atoms with Crippen molar-refractivity contribution >= 4 is 34.2 Å². The molecule has 3 N–H and O–H groups in total. The Labute approximate surface area is 152 Å². The molecule has 1 aromatic heterocycles. The minimum atomic E-state index is -1.19. The third kappa shape index (κ3) is 3.84. The van der Waals surface area contributed by atoms with Crippen LogP contribution in [0.4, 0.5) is 0 Å². The molecule has 0 saturated carbocycles. The summed E-state index contributed by atoms with van der Waals surface area (Å²) in [4.78, 5) is 26.4. The van der Waals surface area contributed by atoms with E-state index >= 15 is 0 Å². The van der Waals surface area contributed by atoms with Crippen molar-refractivity contribution in [2.75, 3.05) is 6.54 Å². The normalized spacial score (nSPS) is 10.5. The summed E-state index contributed by atoms with van der Waals surface area (Å²) in [6, 6.07) is 11.7. The number of aliphatic carboxylic acids is 1. The second-order valence-corrected chi connectivity index (χ2v) is 5.77. The van der Waals surface area contributed by atoms with Gasteiger partial charge in [-0.05, 0) is 42.5 Å². The molecule has 2 aromatic carbocycles. The van der Waals surface area contributed by atoms with Crippen molar-refractivity contribution in [1.29, 1.82) is 0 Å². The van der Waals surface area contributed by atoms with E-state index < -0.39 is 18.4 Å². The molecule has 0 radical (unpaired) electrons. The zero-order valence-corrected chi connectivity index (χ0v) is 14.0. The molecular weight excluding hydrogens is 360 g/mol. The largest absolute Gasteiger partial charge is 0.505 e. The summed E-state index contributed by atoms with van der Waals surface area (Å²) in [6.07, 6.45) is 1.40. The van der Waals surface area contributed by atoms with Gasteiger partial charge in [0, 0.05) is 22.0 Å². The first-order valence-corrected chi connectivity index (χ1v) is 7.87. The number of ether oxygens (including phenoxy) is 1. The van der Waals surface area contributed by atoms with Crippen LogP contribution in [-0.2, 0) is 4.79 Å². The van der Waals surface area contributed by atoms with Crippen molar-refractivity contribution in [3.8, 4) is 17.2 Å². The molecule has 0 aliphatic heterocycles. The number of halogens is 1. The number of nitrogens with zero attached hydrogens (tertiary/aromatic N) is 1. The number of rotatable bonds is 5. The molecule has 0 unspecified atom stereocenters. The Kier molecular flexibility index (Phi) is 4.90. The molecule has 1 heterocycles. The lowest BCUT2D eigenvalue weighted by Gasteiger charge is -2.09. The van der Waals surface area contributed by atoms with E-state index in [1.165, 1.54) is 6.20 Å². The van der Waals surface area contributed by atoms with Crippen LogP contribution in [0.25, 0.3) is 10.8 Å². The van der Waals surface area contributed by atoms with Crippen LogP contribution in [0.5, 0.6) is 17.2 Å². The summed E-state index contributed by atoms with van der Waals surface area (Å²) in [5.41, 5.74) is -0.245. The molecule has 132 valence electrons. The van der Waals surface area contributed by atoms with Gasteiger partial charge in [0.15, 0.2) is 11.4 Å². The lowest BCUT2D eigenvalue weighted by Crippen LogP contribution is -2.29. The first-order valence-electron chi connectivity index (χ1n) is 7.49. The Morgan fingerprint density at radius 3 is 2.50 bits per heavy atom. The molecular formula is C18H13ClN2O5. The number of hydrogen-bond acceptors (Lipinski definition) is 5.